The lowest BCUT2D eigenvalue weighted by atomic mass is 9.99. The second-order valence-electron chi connectivity index (χ2n) is 10.5. The number of rotatable bonds is 9. The summed E-state index contributed by atoms with van der Waals surface area (Å²) >= 11 is 0. The number of nitrogens with one attached hydrogen (secondary N) is 1. The second kappa shape index (κ2) is 12.4. The molecule has 0 aromatic heterocycles. The van der Waals surface area contributed by atoms with Gasteiger partial charge < -0.3 is 14.7 Å². The van der Waals surface area contributed by atoms with Crippen molar-refractivity contribution in [2.45, 2.75) is 42.7 Å². The first kappa shape index (κ1) is 31.4. The van der Waals surface area contributed by atoms with Crippen LogP contribution in [0.3, 0.4) is 0 Å². The Morgan fingerprint density at radius 3 is 2.29 bits per heavy atom. The summed E-state index contributed by atoms with van der Waals surface area (Å²) in [6.45, 7) is 5.04. The number of aryl methyl sites for hydroxylation is 1. The number of nitrogens with zero attached hydrogens (tertiary/aromatic N) is 2. The molecule has 0 bridgehead atoms. The van der Waals surface area contributed by atoms with Gasteiger partial charge in [0.25, 0.3) is 15.9 Å². The van der Waals surface area contributed by atoms with Gasteiger partial charge in [-0.05, 0) is 68.4 Å². The molecule has 0 radical (unpaired) electrons. The number of carbonyl (C=O) groups excluding carboxylic acids is 1. The Labute approximate surface area is 245 Å². The average Bonchev–Trinajstić information content (AvgIpc) is 2.95. The van der Waals surface area contributed by atoms with Gasteiger partial charge >= 0.3 is 0 Å². The lowest BCUT2D eigenvalue weighted by Crippen LogP contribution is -2.50. The third-order valence-corrected chi connectivity index (χ3v) is 10.4. The van der Waals surface area contributed by atoms with Crippen LogP contribution < -0.4 is 9.46 Å². The molecule has 3 aromatic rings. The SMILES string of the molecule is Cc1ccc(S(=O)(=O)Nc2ccc3c(c2)C(=O)N([C@@H](C)CO)C[C@@H](C)[C@H](CN(C)S(=O)(=O)c2ccc(F)cc2)O3)cc1. The predicted octanol–water partition coefficient (Wildman–Crippen LogP) is 3.48. The molecule has 3 aromatic carbocycles. The first-order valence-corrected chi connectivity index (χ1v) is 16.2. The fourth-order valence-corrected chi connectivity index (χ4v) is 6.81. The maximum absolute atomic E-state index is 13.7. The van der Waals surface area contributed by atoms with Crippen LogP contribution in [0.25, 0.3) is 0 Å². The van der Waals surface area contributed by atoms with Crippen LogP contribution in [-0.2, 0) is 20.0 Å². The number of benzene rings is 3. The van der Waals surface area contributed by atoms with Crippen molar-refractivity contribution >= 4 is 31.6 Å². The summed E-state index contributed by atoms with van der Waals surface area (Å²) in [5.74, 6) is -1.27. The van der Waals surface area contributed by atoms with Crippen molar-refractivity contribution in [3.63, 3.8) is 0 Å². The molecule has 226 valence electrons. The van der Waals surface area contributed by atoms with Crippen molar-refractivity contribution in [1.29, 1.82) is 0 Å². The topological polar surface area (TPSA) is 133 Å². The first-order valence-electron chi connectivity index (χ1n) is 13.3. The van der Waals surface area contributed by atoms with E-state index >= 15 is 0 Å². The van der Waals surface area contributed by atoms with Gasteiger partial charge in [0.15, 0.2) is 0 Å². The summed E-state index contributed by atoms with van der Waals surface area (Å²) in [4.78, 5) is 15.1. The number of carbonyl (C=O) groups is 1. The van der Waals surface area contributed by atoms with Gasteiger partial charge in [-0.25, -0.2) is 21.2 Å². The summed E-state index contributed by atoms with van der Waals surface area (Å²) in [7, 11) is -6.56. The number of likely N-dealkylation sites (N-methyl/N-ethyl adjacent to an activating group) is 1. The highest BCUT2D eigenvalue weighted by Crippen LogP contribution is 2.32. The molecular weight excluding hydrogens is 585 g/mol. The molecule has 0 aliphatic carbocycles. The third-order valence-electron chi connectivity index (χ3n) is 7.21. The fourth-order valence-electron chi connectivity index (χ4n) is 4.57. The van der Waals surface area contributed by atoms with Crippen LogP contribution in [0.2, 0.25) is 0 Å². The van der Waals surface area contributed by atoms with E-state index in [1.54, 1.807) is 19.1 Å². The molecular formula is C29H34FN3O7S2. The average molecular weight is 620 g/mol. The highest BCUT2D eigenvalue weighted by Gasteiger charge is 2.35. The van der Waals surface area contributed by atoms with Gasteiger partial charge in [0.05, 0.1) is 34.5 Å². The number of amides is 1. The van der Waals surface area contributed by atoms with Gasteiger partial charge in [-0.15, -0.1) is 0 Å². The number of fused-ring (bicyclic) bond motifs is 1. The molecule has 10 nitrogen and oxygen atoms in total. The number of sulfonamides is 2. The van der Waals surface area contributed by atoms with Gasteiger partial charge in [0, 0.05) is 25.2 Å². The Hall–Kier alpha value is -3.52. The number of hydrogen-bond acceptors (Lipinski definition) is 7. The zero-order valence-electron chi connectivity index (χ0n) is 23.7. The van der Waals surface area contributed by atoms with Crippen LogP contribution in [0.15, 0.2) is 76.5 Å². The Morgan fingerprint density at radius 1 is 1.05 bits per heavy atom. The van der Waals surface area contributed by atoms with Crippen LogP contribution in [0, 0.1) is 18.7 Å². The van der Waals surface area contributed by atoms with Crippen molar-refractivity contribution in [2.24, 2.45) is 5.92 Å². The third kappa shape index (κ3) is 6.75. The highest BCUT2D eigenvalue weighted by atomic mass is 32.2. The van der Waals surface area contributed by atoms with E-state index in [1.165, 1.54) is 54.4 Å². The monoisotopic (exact) mass is 619 g/mol. The van der Waals surface area contributed by atoms with Crippen LogP contribution in [-0.4, -0.2) is 75.9 Å². The number of aliphatic hydroxyl groups excluding tert-OH is 1. The van der Waals surface area contributed by atoms with Crippen molar-refractivity contribution < 1.29 is 35.9 Å². The van der Waals surface area contributed by atoms with E-state index in [9.17, 15) is 31.1 Å². The summed E-state index contributed by atoms with van der Waals surface area (Å²) in [6, 6.07) is 14.5. The van der Waals surface area contributed by atoms with E-state index in [1.807, 2.05) is 13.8 Å². The number of ether oxygens (including phenoxy) is 1. The lowest BCUT2D eigenvalue weighted by Gasteiger charge is -2.38. The Bertz CT molecular complexity index is 1650. The van der Waals surface area contributed by atoms with E-state index in [2.05, 4.69) is 4.72 Å². The molecule has 42 heavy (non-hydrogen) atoms. The zero-order valence-corrected chi connectivity index (χ0v) is 25.3. The number of hydrogen-bond donors (Lipinski definition) is 2. The molecule has 2 N–H and O–H groups in total. The van der Waals surface area contributed by atoms with Crippen LogP contribution >= 0.6 is 0 Å². The van der Waals surface area contributed by atoms with Crippen molar-refractivity contribution in [3.05, 3.63) is 83.7 Å². The van der Waals surface area contributed by atoms with E-state index in [4.69, 9.17) is 4.74 Å². The van der Waals surface area contributed by atoms with Crippen molar-refractivity contribution in [1.82, 2.24) is 9.21 Å². The van der Waals surface area contributed by atoms with Gasteiger partial charge in [0.1, 0.15) is 17.7 Å². The molecule has 1 aliphatic rings. The molecule has 1 heterocycles. The number of anilines is 1. The molecule has 4 rings (SSSR count). The van der Waals surface area contributed by atoms with Crippen molar-refractivity contribution in [3.8, 4) is 5.75 Å². The van der Waals surface area contributed by atoms with Gasteiger partial charge in [-0.2, -0.15) is 4.31 Å². The second-order valence-corrected chi connectivity index (χ2v) is 14.2. The minimum atomic E-state index is -3.99. The van der Waals surface area contributed by atoms with E-state index < -0.39 is 43.9 Å². The van der Waals surface area contributed by atoms with Gasteiger partial charge in [-0.3, -0.25) is 9.52 Å². The standard InChI is InChI=1S/C29H34FN3O7S2/c1-19-5-10-24(11-6-19)41(36,37)31-23-9-14-27-26(15-23)29(35)33(21(3)18-34)16-20(2)28(40-27)17-32(4)42(38,39)25-12-7-22(30)8-13-25/h5-15,20-21,28,31,34H,16-18H2,1-4H3/t20-,21+,28+/m1/s1. The molecule has 0 spiro atoms. The minimum Gasteiger partial charge on any atom is -0.488 e. The van der Waals surface area contributed by atoms with E-state index in [0.29, 0.717) is 0 Å². The normalized spacial score (nSPS) is 18.5. The fraction of sp³-hybridized carbons (Fsp3) is 0.345. The first-order chi connectivity index (χ1) is 19.7. The number of aliphatic hydroxyl groups is 1. The maximum Gasteiger partial charge on any atom is 0.261 e. The zero-order chi connectivity index (χ0) is 30.8. The molecule has 3 atom stereocenters. The molecule has 0 saturated heterocycles. The van der Waals surface area contributed by atoms with Gasteiger partial charge in [0.2, 0.25) is 10.0 Å². The van der Waals surface area contributed by atoms with Crippen molar-refractivity contribution in [2.75, 3.05) is 31.5 Å². The molecule has 0 saturated carbocycles. The minimum absolute atomic E-state index is 0.0530. The molecule has 13 heteroatoms. The predicted molar refractivity (Wildman–Crippen MR) is 156 cm³/mol. The smallest absolute Gasteiger partial charge is 0.261 e. The summed E-state index contributed by atoms with van der Waals surface area (Å²) in [5.41, 5.74) is 1.08. The molecule has 1 aliphatic heterocycles. The molecule has 1 amide bonds. The summed E-state index contributed by atoms with van der Waals surface area (Å²) < 4.78 is 75.6. The van der Waals surface area contributed by atoms with Crippen LogP contribution in [0.4, 0.5) is 10.1 Å². The van der Waals surface area contributed by atoms with E-state index in [0.717, 1.165) is 22.0 Å². The summed E-state index contributed by atoms with van der Waals surface area (Å²) in [6.07, 6.45) is -0.736. The largest absolute Gasteiger partial charge is 0.488 e. The Balaban J connectivity index is 1.68. The van der Waals surface area contributed by atoms with Crippen LogP contribution in [0.1, 0.15) is 29.8 Å². The quantitative estimate of drug-likeness (QED) is 0.375. The maximum atomic E-state index is 13.7. The molecule has 0 fully saturated rings. The Kier molecular flexibility index (Phi) is 9.26. The van der Waals surface area contributed by atoms with E-state index in [-0.39, 0.29) is 52.4 Å². The van der Waals surface area contributed by atoms with Crippen LogP contribution in [0.5, 0.6) is 5.75 Å². The van der Waals surface area contributed by atoms with Gasteiger partial charge in [-0.1, -0.05) is 24.6 Å². The molecule has 0 unspecified atom stereocenters. The Morgan fingerprint density at radius 2 is 1.67 bits per heavy atom. The lowest BCUT2D eigenvalue weighted by molar-refractivity contribution is 0.0387. The summed E-state index contributed by atoms with van der Waals surface area (Å²) in [5, 5.41) is 9.89. The number of halogens is 1. The highest BCUT2D eigenvalue weighted by molar-refractivity contribution is 7.92.